The molecule has 136 valence electrons. The summed E-state index contributed by atoms with van der Waals surface area (Å²) in [6, 6.07) is 0. The van der Waals surface area contributed by atoms with E-state index in [1.165, 1.54) is 7.11 Å². The molecule has 24 heavy (non-hydrogen) atoms. The van der Waals surface area contributed by atoms with Crippen molar-refractivity contribution in [1.29, 1.82) is 0 Å². The normalized spacial score (nSPS) is 31.0. The molecule has 2 aliphatic rings. The van der Waals surface area contributed by atoms with Crippen LogP contribution in [0, 0.1) is 0 Å². The van der Waals surface area contributed by atoms with Crippen molar-refractivity contribution < 1.29 is 19.3 Å². The monoisotopic (exact) mass is 357 g/mol. The summed E-state index contributed by atoms with van der Waals surface area (Å²) in [4.78, 5) is 5.87. The molecule has 0 aromatic heterocycles. The molecule has 1 fully saturated rings. The summed E-state index contributed by atoms with van der Waals surface area (Å²) in [5.74, 6) is 1.09. The van der Waals surface area contributed by atoms with Crippen LogP contribution in [0.2, 0.25) is 0 Å². The largest absolute Gasteiger partial charge is 0.491 e. The van der Waals surface area contributed by atoms with Crippen molar-refractivity contribution in [2.75, 3.05) is 33.7 Å². The predicted molar refractivity (Wildman–Crippen MR) is 98.5 cm³/mol. The molecule has 0 aliphatic carbocycles. The van der Waals surface area contributed by atoms with Crippen molar-refractivity contribution >= 4 is 19.0 Å². The van der Waals surface area contributed by atoms with Gasteiger partial charge < -0.3 is 30.0 Å². The number of aliphatic hydroxyl groups excluding tert-OH is 1. The highest BCUT2D eigenvalue weighted by Crippen LogP contribution is 2.39. The minimum atomic E-state index is -1.19. The van der Waals surface area contributed by atoms with Gasteiger partial charge in [0.15, 0.2) is 17.8 Å². The van der Waals surface area contributed by atoms with Crippen LogP contribution in [0.25, 0.3) is 0 Å². The van der Waals surface area contributed by atoms with Crippen LogP contribution in [-0.4, -0.2) is 80.4 Å². The Morgan fingerprint density at radius 2 is 2.12 bits per heavy atom. The van der Waals surface area contributed by atoms with Gasteiger partial charge in [-0.05, 0) is 25.9 Å². The molecular formula is C16H28N3O4P. The molecule has 0 amide bonds. The maximum Gasteiger partial charge on any atom is 0.177 e. The van der Waals surface area contributed by atoms with Gasteiger partial charge in [-0.15, -0.1) is 13.2 Å². The van der Waals surface area contributed by atoms with E-state index >= 15 is 0 Å². The SMILES string of the molecule is C=C1N=C(N)C(OC)=CN1C1OC(CCP(=C)(C)C)[C@@H](O)[C@H]1OC. The van der Waals surface area contributed by atoms with Gasteiger partial charge in [0.2, 0.25) is 0 Å². The Morgan fingerprint density at radius 1 is 1.46 bits per heavy atom. The summed E-state index contributed by atoms with van der Waals surface area (Å²) in [7, 11) is 3.07. The highest BCUT2D eigenvalue weighted by atomic mass is 31.2. The molecule has 8 heteroatoms. The molecule has 0 aromatic carbocycles. The van der Waals surface area contributed by atoms with Gasteiger partial charge in [-0.25, -0.2) is 4.99 Å². The molecule has 2 aliphatic heterocycles. The van der Waals surface area contributed by atoms with E-state index in [1.807, 2.05) is 0 Å². The zero-order chi connectivity index (χ0) is 18.1. The molecule has 2 heterocycles. The fourth-order valence-electron chi connectivity index (χ4n) is 2.81. The fraction of sp³-hybridized carbons (Fsp3) is 0.625. The van der Waals surface area contributed by atoms with Gasteiger partial charge in [-0.1, -0.05) is 6.58 Å². The molecular weight excluding hydrogens is 329 g/mol. The second-order valence-corrected chi connectivity index (χ2v) is 11.0. The number of hydrogen-bond donors (Lipinski definition) is 2. The zero-order valence-corrected chi connectivity index (χ0v) is 15.7. The molecule has 3 N–H and O–H groups in total. The van der Waals surface area contributed by atoms with Crippen molar-refractivity contribution in [1.82, 2.24) is 4.90 Å². The number of nitrogens with two attached hydrogens (primary N) is 1. The van der Waals surface area contributed by atoms with Crippen molar-refractivity contribution in [3.05, 3.63) is 24.4 Å². The van der Waals surface area contributed by atoms with Crippen LogP contribution >= 0.6 is 6.89 Å². The molecule has 1 saturated heterocycles. The Hall–Kier alpha value is -1.27. The third kappa shape index (κ3) is 4.03. The lowest BCUT2D eigenvalue weighted by atomic mass is 10.1. The van der Waals surface area contributed by atoms with Gasteiger partial charge in [-0.2, -0.15) is 0 Å². The molecule has 0 aromatic rings. The van der Waals surface area contributed by atoms with Crippen molar-refractivity contribution in [3.63, 3.8) is 0 Å². The van der Waals surface area contributed by atoms with Crippen LogP contribution in [-0.2, 0) is 14.2 Å². The second-order valence-electron chi connectivity index (χ2n) is 6.72. The summed E-state index contributed by atoms with van der Waals surface area (Å²) in [5, 5.41) is 10.6. The first kappa shape index (κ1) is 19.1. The minimum Gasteiger partial charge on any atom is -0.491 e. The van der Waals surface area contributed by atoms with E-state index in [9.17, 15) is 5.11 Å². The summed E-state index contributed by atoms with van der Waals surface area (Å²) in [6.45, 7) is 7.03. The summed E-state index contributed by atoms with van der Waals surface area (Å²) in [5.41, 5.74) is 5.80. The lowest BCUT2D eigenvalue weighted by Crippen LogP contribution is -2.43. The lowest BCUT2D eigenvalue weighted by molar-refractivity contribution is -0.0708. The van der Waals surface area contributed by atoms with Crippen LogP contribution in [0.1, 0.15) is 6.42 Å². The second kappa shape index (κ2) is 7.31. The third-order valence-corrected chi connectivity index (χ3v) is 5.62. The van der Waals surface area contributed by atoms with Crippen molar-refractivity contribution in [3.8, 4) is 0 Å². The number of hydrogen-bond acceptors (Lipinski definition) is 7. The van der Waals surface area contributed by atoms with E-state index < -0.39 is 25.3 Å². The zero-order valence-electron chi connectivity index (χ0n) is 14.8. The molecule has 4 atom stereocenters. The lowest BCUT2D eigenvalue weighted by Gasteiger charge is -2.32. The fourth-order valence-corrected chi connectivity index (χ4v) is 3.76. The highest BCUT2D eigenvalue weighted by Gasteiger charge is 2.47. The van der Waals surface area contributed by atoms with E-state index in [0.717, 1.165) is 12.6 Å². The molecule has 7 nitrogen and oxygen atoms in total. The number of ether oxygens (including phenoxy) is 3. The van der Waals surface area contributed by atoms with E-state index in [2.05, 4.69) is 31.2 Å². The van der Waals surface area contributed by atoms with E-state index in [4.69, 9.17) is 19.9 Å². The van der Waals surface area contributed by atoms with E-state index in [-0.39, 0.29) is 11.9 Å². The molecule has 0 spiro atoms. The van der Waals surface area contributed by atoms with Gasteiger partial charge in [0.05, 0.1) is 19.4 Å². The predicted octanol–water partition coefficient (Wildman–Crippen LogP) is 0.818. The maximum atomic E-state index is 10.6. The standard InChI is InChI=1S/C16H28N3O4P/c1-10-18-15(17)12(21-2)9-19(10)16-14(22-3)13(20)11(23-16)7-8-24(4,5)6/h9,11,13-14,16,20H,1,4,7-8H2,2-3,5-6H3,(H2,17,18)/t11?,13-,14-,16?/m1/s1. The Balaban J connectivity index is 2.19. The maximum absolute atomic E-state index is 10.6. The third-order valence-electron chi connectivity index (χ3n) is 4.15. The number of nitrogens with zero attached hydrogens (tertiary/aromatic N) is 2. The Morgan fingerprint density at radius 3 is 2.67 bits per heavy atom. The average molecular weight is 357 g/mol. The van der Waals surface area contributed by atoms with Gasteiger partial charge in [0.1, 0.15) is 18.0 Å². The number of amidine groups is 1. The van der Waals surface area contributed by atoms with Gasteiger partial charge >= 0.3 is 0 Å². The molecule has 0 radical (unpaired) electrons. The Labute approximate surface area is 143 Å². The van der Waals surface area contributed by atoms with E-state index in [0.29, 0.717) is 11.6 Å². The molecule has 2 unspecified atom stereocenters. The Kier molecular flexibility index (Phi) is 5.81. The first-order valence-corrected chi connectivity index (χ1v) is 10.8. The van der Waals surface area contributed by atoms with Crippen LogP contribution in [0.15, 0.2) is 29.4 Å². The summed E-state index contributed by atoms with van der Waals surface area (Å²) < 4.78 is 16.8. The number of aliphatic hydroxyl groups is 1. The minimum absolute atomic E-state index is 0.256. The number of methoxy groups -OCH3 is 2. The van der Waals surface area contributed by atoms with Crippen molar-refractivity contribution in [2.45, 2.75) is 31.0 Å². The molecule has 2 rings (SSSR count). The first-order chi connectivity index (χ1) is 11.2. The topological polar surface area (TPSA) is 89.5 Å². The highest BCUT2D eigenvalue weighted by molar-refractivity contribution is 7.72. The van der Waals surface area contributed by atoms with Gasteiger partial charge in [0, 0.05) is 7.11 Å². The van der Waals surface area contributed by atoms with Crippen LogP contribution in [0.4, 0.5) is 0 Å². The molecule has 0 saturated carbocycles. The van der Waals surface area contributed by atoms with Gasteiger partial charge in [-0.3, -0.25) is 0 Å². The van der Waals surface area contributed by atoms with Crippen molar-refractivity contribution in [2.24, 2.45) is 10.7 Å². The smallest absolute Gasteiger partial charge is 0.177 e. The van der Waals surface area contributed by atoms with Crippen LogP contribution in [0.5, 0.6) is 0 Å². The summed E-state index contributed by atoms with van der Waals surface area (Å²) >= 11 is 0. The van der Waals surface area contributed by atoms with Crippen LogP contribution < -0.4 is 5.73 Å². The van der Waals surface area contributed by atoms with E-state index in [1.54, 1.807) is 18.2 Å². The van der Waals surface area contributed by atoms with Gasteiger partial charge in [0.25, 0.3) is 0 Å². The Bertz CT molecular complexity index is 598. The summed E-state index contributed by atoms with van der Waals surface area (Å²) in [6.07, 6.45) is 5.42. The molecule has 0 bridgehead atoms. The quantitative estimate of drug-likeness (QED) is 0.684. The number of aliphatic imine (C=N–C) groups is 1. The first-order valence-electron chi connectivity index (χ1n) is 7.79. The van der Waals surface area contributed by atoms with Crippen LogP contribution in [0.3, 0.4) is 0 Å². The number of rotatable bonds is 6. The average Bonchev–Trinajstić information content (AvgIpc) is 2.80.